The van der Waals surface area contributed by atoms with Crippen LogP contribution in [0.2, 0.25) is 10.0 Å². The van der Waals surface area contributed by atoms with Gasteiger partial charge in [0.1, 0.15) is 5.69 Å². The minimum atomic E-state index is 0.414. The molecule has 122 valence electrons. The molecule has 3 rings (SSSR count). The topological polar surface area (TPSA) is 68.6 Å². The fourth-order valence-electron chi connectivity index (χ4n) is 2.24. The Labute approximate surface area is 149 Å². The largest absolute Gasteiger partial charge is 0.382 e. The van der Waals surface area contributed by atoms with E-state index in [1.165, 1.54) is 0 Å². The van der Waals surface area contributed by atoms with Crippen LogP contribution in [0.5, 0.6) is 0 Å². The van der Waals surface area contributed by atoms with E-state index >= 15 is 0 Å². The summed E-state index contributed by atoms with van der Waals surface area (Å²) in [6.45, 7) is 3.70. The van der Waals surface area contributed by atoms with Gasteiger partial charge in [-0.2, -0.15) is 5.10 Å². The molecule has 0 radical (unpaired) electrons. The van der Waals surface area contributed by atoms with Crippen molar-refractivity contribution < 1.29 is 0 Å². The van der Waals surface area contributed by atoms with Crippen LogP contribution < -0.4 is 5.73 Å². The van der Waals surface area contributed by atoms with E-state index in [9.17, 15) is 0 Å². The Morgan fingerprint density at radius 1 is 1.00 bits per heavy atom. The van der Waals surface area contributed by atoms with Crippen molar-refractivity contribution in [2.45, 2.75) is 13.8 Å². The van der Waals surface area contributed by atoms with Crippen molar-refractivity contribution in [1.82, 2.24) is 9.78 Å². The molecule has 1 heterocycles. The predicted molar refractivity (Wildman–Crippen MR) is 98.1 cm³/mol. The molecule has 7 heteroatoms. The smallest absolute Gasteiger partial charge is 0.155 e. The number of nitrogens with zero attached hydrogens (tertiary/aromatic N) is 4. The van der Waals surface area contributed by atoms with E-state index in [4.69, 9.17) is 28.9 Å². The molecule has 0 aliphatic rings. The molecule has 5 nitrogen and oxygen atoms in total. The van der Waals surface area contributed by atoms with Gasteiger partial charge in [-0.3, -0.25) is 0 Å². The number of anilines is 1. The fraction of sp³-hybridized carbons (Fsp3) is 0.118. The van der Waals surface area contributed by atoms with Gasteiger partial charge in [-0.1, -0.05) is 41.4 Å². The molecule has 24 heavy (non-hydrogen) atoms. The van der Waals surface area contributed by atoms with E-state index in [1.54, 1.807) is 16.8 Å². The van der Waals surface area contributed by atoms with E-state index in [2.05, 4.69) is 15.3 Å². The third-order valence-corrected chi connectivity index (χ3v) is 4.26. The van der Waals surface area contributed by atoms with Crippen molar-refractivity contribution >= 4 is 40.4 Å². The van der Waals surface area contributed by atoms with Crippen LogP contribution in [-0.4, -0.2) is 9.78 Å². The van der Waals surface area contributed by atoms with Crippen LogP contribution >= 0.6 is 23.2 Å². The van der Waals surface area contributed by atoms with E-state index in [0.717, 1.165) is 11.3 Å². The number of hydrogen-bond donors (Lipinski definition) is 1. The van der Waals surface area contributed by atoms with Crippen molar-refractivity contribution in [3.63, 3.8) is 0 Å². The molecule has 0 aliphatic heterocycles. The number of aromatic nitrogens is 2. The van der Waals surface area contributed by atoms with E-state index in [0.29, 0.717) is 32.9 Å². The molecular formula is C17H15Cl2N5. The molecule has 0 bridgehead atoms. The Balaban J connectivity index is 2.00. The zero-order valence-electron chi connectivity index (χ0n) is 13.2. The zero-order valence-corrected chi connectivity index (χ0v) is 14.7. The number of halogens is 2. The Kier molecular flexibility index (Phi) is 4.55. The molecule has 0 saturated carbocycles. The lowest BCUT2D eigenvalue weighted by Crippen LogP contribution is -2.01. The Morgan fingerprint density at radius 3 is 2.42 bits per heavy atom. The highest BCUT2D eigenvalue weighted by molar-refractivity contribution is 6.35. The van der Waals surface area contributed by atoms with Gasteiger partial charge in [-0.05, 0) is 43.7 Å². The first-order chi connectivity index (χ1) is 11.5. The minimum absolute atomic E-state index is 0.414. The number of rotatable bonds is 3. The number of para-hydroxylation sites is 1. The SMILES string of the molecule is Cc1cc(Cl)c(N=Nc2c(C)nn(-c3ccccc3)c2N)cc1Cl. The van der Waals surface area contributed by atoms with Gasteiger partial charge in [-0.25, -0.2) is 4.68 Å². The summed E-state index contributed by atoms with van der Waals surface area (Å²) in [5.74, 6) is 0.414. The molecule has 2 aromatic carbocycles. The monoisotopic (exact) mass is 359 g/mol. The van der Waals surface area contributed by atoms with Gasteiger partial charge in [0, 0.05) is 5.02 Å². The Morgan fingerprint density at radius 2 is 1.71 bits per heavy atom. The number of azo groups is 1. The third-order valence-electron chi connectivity index (χ3n) is 3.55. The van der Waals surface area contributed by atoms with Crippen molar-refractivity contribution in [3.8, 4) is 5.69 Å². The minimum Gasteiger partial charge on any atom is -0.382 e. The van der Waals surface area contributed by atoms with E-state index in [1.807, 2.05) is 44.2 Å². The number of benzene rings is 2. The molecule has 0 unspecified atom stereocenters. The van der Waals surface area contributed by atoms with Crippen LogP contribution in [0, 0.1) is 13.8 Å². The van der Waals surface area contributed by atoms with Crippen LogP contribution in [0.1, 0.15) is 11.3 Å². The second-order valence-corrected chi connectivity index (χ2v) is 6.13. The highest BCUT2D eigenvalue weighted by Gasteiger charge is 2.13. The summed E-state index contributed by atoms with van der Waals surface area (Å²) in [6.07, 6.45) is 0. The maximum atomic E-state index is 6.18. The van der Waals surface area contributed by atoms with Crippen LogP contribution in [0.15, 0.2) is 52.7 Å². The van der Waals surface area contributed by atoms with Crippen LogP contribution in [0.4, 0.5) is 17.2 Å². The second-order valence-electron chi connectivity index (χ2n) is 5.32. The standard InChI is InChI=1S/C17H15Cl2N5/c1-10-8-14(19)15(9-13(10)18)21-22-16-11(2)23-24(17(16)20)12-6-4-3-5-7-12/h3-9H,20H2,1-2H3. The molecule has 0 atom stereocenters. The average molecular weight is 360 g/mol. The van der Waals surface area contributed by atoms with E-state index in [-0.39, 0.29) is 0 Å². The number of hydrogen-bond acceptors (Lipinski definition) is 4. The van der Waals surface area contributed by atoms with Crippen LogP contribution in [0.25, 0.3) is 5.69 Å². The molecule has 1 aromatic heterocycles. The highest BCUT2D eigenvalue weighted by atomic mass is 35.5. The molecule has 0 fully saturated rings. The highest BCUT2D eigenvalue weighted by Crippen LogP contribution is 2.34. The summed E-state index contributed by atoms with van der Waals surface area (Å²) in [6, 6.07) is 13.0. The van der Waals surface area contributed by atoms with Gasteiger partial charge >= 0.3 is 0 Å². The maximum absolute atomic E-state index is 6.18. The lowest BCUT2D eigenvalue weighted by molar-refractivity contribution is 0.872. The first-order valence-electron chi connectivity index (χ1n) is 7.25. The third kappa shape index (κ3) is 3.13. The van der Waals surface area contributed by atoms with Gasteiger partial charge in [0.25, 0.3) is 0 Å². The van der Waals surface area contributed by atoms with E-state index < -0.39 is 0 Å². The molecule has 2 N–H and O–H groups in total. The molecule has 0 saturated heterocycles. The number of nitrogen functional groups attached to an aromatic ring is 1. The van der Waals surface area contributed by atoms with Gasteiger partial charge in [-0.15, -0.1) is 10.2 Å². The molecule has 0 amide bonds. The number of aryl methyl sites for hydroxylation is 2. The first kappa shape index (κ1) is 16.5. The second kappa shape index (κ2) is 6.63. The fourth-order valence-corrected chi connectivity index (χ4v) is 2.66. The van der Waals surface area contributed by atoms with Gasteiger partial charge in [0.2, 0.25) is 0 Å². The summed E-state index contributed by atoms with van der Waals surface area (Å²) in [5.41, 5.74) is 9.59. The summed E-state index contributed by atoms with van der Waals surface area (Å²) in [7, 11) is 0. The lowest BCUT2D eigenvalue weighted by atomic mass is 10.2. The van der Waals surface area contributed by atoms with Crippen LogP contribution in [-0.2, 0) is 0 Å². The summed E-state index contributed by atoms with van der Waals surface area (Å²) < 4.78 is 1.63. The summed E-state index contributed by atoms with van der Waals surface area (Å²) >= 11 is 12.3. The Bertz CT molecular complexity index is 916. The molecule has 0 spiro atoms. The predicted octanol–water partition coefficient (Wildman–Crippen LogP) is 5.79. The van der Waals surface area contributed by atoms with Gasteiger partial charge in [0.15, 0.2) is 11.5 Å². The molecule has 3 aromatic rings. The average Bonchev–Trinajstić information content (AvgIpc) is 2.85. The summed E-state index contributed by atoms with van der Waals surface area (Å²) in [5, 5.41) is 13.9. The van der Waals surface area contributed by atoms with Gasteiger partial charge < -0.3 is 5.73 Å². The lowest BCUT2D eigenvalue weighted by Gasteiger charge is -2.03. The van der Waals surface area contributed by atoms with Gasteiger partial charge in [0.05, 0.1) is 16.4 Å². The maximum Gasteiger partial charge on any atom is 0.155 e. The quantitative estimate of drug-likeness (QED) is 0.600. The van der Waals surface area contributed by atoms with Crippen molar-refractivity contribution in [1.29, 1.82) is 0 Å². The van der Waals surface area contributed by atoms with Crippen molar-refractivity contribution in [3.05, 3.63) is 63.8 Å². The normalized spacial score (nSPS) is 11.3. The van der Waals surface area contributed by atoms with Crippen LogP contribution in [0.3, 0.4) is 0 Å². The first-order valence-corrected chi connectivity index (χ1v) is 8.01. The molecular weight excluding hydrogens is 345 g/mol. The van der Waals surface area contributed by atoms with Crippen molar-refractivity contribution in [2.75, 3.05) is 5.73 Å². The summed E-state index contributed by atoms with van der Waals surface area (Å²) in [4.78, 5) is 0. The molecule has 0 aliphatic carbocycles. The zero-order chi connectivity index (χ0) is 17.3. The number of nitrogens with two attached hydrogens (primary N) is 1. The van der Waals surface area contributed by atoms with Crippen molar-refractivity contribution in [2.24, 2.45) is 10.2 Å². The Hall–Kier alpha value is -2.37.